The van der Waals surface area contributed by atoms with Gasteiger partial charge < -0.3 is 0 Å². The molecule has 0 amide bonds. The Morgan fingerprint density at radius 1 is 1.42 bits per heavy atom. The summed E-state index contributed by atoms with van der Waals surface area (Å²) in [6, 6.07) is 0. The lowest BCUT2D eigenvalue weighted by Crippen LogP contribution is -1.88. The van der Waals surface area contributed by atoms with E-state index in [2.05, 4.69) is 39.5 Å². The zero-order valence-electron chi connectivity index (χ0n) is 8.51. The van der Waals surface area contributed by atoms with Gasteiger partial charge in [0, 0.05) is 0 Å². The monoisotopic (exact) mass is 164 g/mol. The van der Waals surface area contributed by atoms with E-state index in [1.165, 1.54) is 5.57 Å². The Bertz CT molecular complexity index is 170. The summed E-state index contributed by atoms with van der Waals surface area (Å²) in [6.45, 7) is 10.3. The fourth-order valence-corrected chi connectivity index (χ4v) is 1.14. The summed E-state index contributed by atoms with van der Waals surface area (Å²) in [5.41, 5.74) is 1.42. The molecule has 0 aromatic carbocycles. The third-order valence-corrected chi connectivity index (χ3v) is 1.56. The highest BCUT2D eigenvalue weighted by molar-refractivity contribution is 5.21. The van der Waals surface area contributed by atoms with E-state index in [-0.39, 0.29) is 0 Å². The fraction of sp³-hybridized carbons (Fsp3) is 0.500. The third kappa shape index (κ3) is 5.96. The van der Waals surface area contributed by atoms with Crippen LogP contribution in [0.3, 0.4) is 0 Å². The lowest BCUT2D eigenvalue weighted by atomic mass is 10.0. The molecule has 0 radical (unpaired) electrons. The summed E-state index contributed by atoms with van der Waals surface area (Å²) in [5.74, 6) is 0.734. The summed E-state index contributed by atoms with van der Waals surface area (Å²) in [7, 11) is 0. The van der Waals surface area contributed by atoms with E-state index in [1.54, 1.807) is 0 Å². The maximum absolute atomic E-state index is 3.66. The van der Waals surface area contributed by atoms with Crippen molar-refractivity contribution in [3.05, 3.63) is 36.5 Å². The van der Waals surface area contributed by atoms with Gasteiger partial charge in [0.25, 0.3) is 0 Å². The first-order valence-electron chi connectivity index (χ1n) is 4.68. The zero-order valence-corrected chi connectivity index (χ0v) is 8.51. The Balaban J connectivity index is 4.13. The van der Waals surface area contributed by atoms with Crippen molar-refractivity contribution in [1.82, 2.24) is 0 Å². The van der Waals surface area contributed by atoms with E-state index in [4.69, 9.17) is 0 Å². The van der Waals surface area contributed by atoms with Gasteiger partial charge in [-0.1, -0.05) is 57.2 Å². The zero-order chi connectivity index (χ0) is 9.40. The van der Waals surface area contributed by atoms with Crippen LogP contribution in [0.1, 0.15) is 33.6 Å². The van der Waals surface area contributed by atoms with Gasteiger partial charge in [-0.3, -0.25) is 0 Å². The SMILES string of the molecule is C=C/C=C\C(=C/CC)CC(C)C. The Morgan fingerprint density at radius 2 is 2.08 bits per heavy atom. The van der Waals surface area contributed by atoms with E-state index in [9.17, 15) is 0 Å². The van der Waals surface area contributed by atoms with Crippen LogP contribution >= 0.6 is 0 Å². The highest BCUT2D eigenvalue weighted by Crippen LogP contribution is 2.12. The van der Waals surface area contributed by atoms with Gasteiger partial charge in [-0.05, 0) is 18.8 Å². The lowest BCUT2D eigenvalue weighted by molar-refractivity contribution is 0.648. The van der Waals surface area contributed by atoms with Gasteiger partial charge >= 0.3 is 0 Å². The van der Waals surface area contributed by atoms with Crippen LogP contribution in [0.4, 0.5) is 0 Å². The van der Waals surface area contributed by atoms with Crippen LogP contribution in [-0.4, -0.2) is 0 Å². The van der Waals surface area contributed by atoms with Gasteiger partial charge in [-0.25, -0.2) is 0 Å². The standard InChI is InChI=1S/C12H20/c1-5-7-9-12(8-6-2)10-11(3)4/h5,7-9,11H,1,6,10H2,2-4H3/b9-7-,12-8+. The van der Waals surface area contributed by atoms with Crippen molar-refractivity contribution in [3.63, 3.8) is 0 Å². The van der Waals surface area contributed by atoms with Gasteiger partial charge in [0.1, 0.15) is 0 Å². The minimum atomic E-state index is 0.734. The molecule has 0 atom stereocenters. The predicted molar refractivity (Wildman–Crippen MR) is 57.2 cm³/mol. The van der Waals surface area contributed by atoms with Crippen LogP contribution in [0.5, 0.6) is 0 Å². The molecule has 0 spiro atoms. The fourth-order valence-electron chi connectivity index (χ4n) is 1.14. The predicted octanol–water partition coefficient (Wildman–Crippen LogP) is 4.11. The molecule has 0 saturated carbocycles. The maximum Gasteiger partial charge on any atom is -0.0259 e. The van der Waals surface area contributed by atoms with Gasteiger partial charge in [-0.2, -0.15) is 0 Å². The first-order chi connectivity index (χ1) is 5.70. The molecule has 0 N–H and O–H groups in total. The van der Waals surface area contributed by atoms with Gasteiger partial charge in [0.2, 0.25) is 0 Å². The van der Waals surface area contributed by atoms with Crippen molar-refractivity contribution >= 4 is 0 Å². The van der Waals surface area contributed by atoms with Crippen molar-refractivity contribution in [2.24, 2.45) is 5.92 Å². The van der Waals surface area contributed by atoms with E-state index >= 15 is 0 Å². The average molecular weight is 164 g/mol. The van der Waals surface area contributed by atoms with Crippen molar-refractivity contribution in [3.8, 4) is 0 Å². The minimum Gasteiger partial charge on any atom is -0.0991 e. The minimum absolute atomic E-state index is 0.734. The Kier molecular flexibility index (Phi) is 6.45. The van der Waals surface area contributed by atoms with E-state index < -0.39 is 0 Å². The second-order valence-corrected chi connectivity index (χ2v) is 3.38. The molecule has 0 saturated heterocycles. The normalized spacial score (nSPS) is 12.8. The third-order valence-electron chi connectivity index (χ3n) is 1.56. The maximum atomic E-state index is 3.66. The molecule has 0 heterocycles. The Hall–Kier alpha value is -0.780. The molecule has 0 bridgehead atoms. The second-order valence-electron chi connectivity index (χ2n) is 3.38. The van der Waals surface area contributed by atoms with Crippen molar-refractivity contribution in [2.45, 2.75) is 33.6 Å². The van der Waals surface area contributed by atoms with E-state index in [1.807, 2.05) is 12.2 Å². The van der Waals surface area contributed by atoms with Crippen LogP contribution in [0.15, 0.2) is 36.5 Å². The molecule has 0 aromatic rings. The topological polar surface area (TPSA) is 0 Å². The Labute approximate surface area is 76.7 Å². The number of allylic oxidation sites excluding steroid dienone is 5. The molecule has 0 aliphatic heterocycles. The first-order valence-corrected chi connectivity index (χ1v) is 4.68. The summed E-state index contributed by atoms with van der Waals surface area (Å²) >= 11 is 0. The quantitative estimate of drug-likeness (QED) is 0.536. The second kappa shape index (κ2) is 6.90. The van der Waals surface area contributed by atoms with Crippen molar-refractivity contribution in [1.29, 1.82) is 0 Å². The molecule has 0 fully saturated rings. The summed E-state index contributed by atoms with van der Waals surface area (Å²) in [5, 5.41) is 0. The highest BCUT2D eigenvalue weighted by Gasteiger charge is 1.95. The lowest BCUT2D eigenvalue weighted by Gasteiger charge is -2.04. The van der Waals surface area contributed by atoms with Crippen LogP contribution in [0.25, 0.3) is 0 Å². The summed E-state index contributed by atoms with van der Waals surface area (Å²) in [4.78, 5) is 0. The molecule has 0 nitrogen and oxygen atoms in total. The molecular weight excluding hydrogens is 144 g/mol. The highest BCUT2D eigenvalue weighted by atomic mass is 14.0. The molecule has 0 unspecified atom stereocenters. The number of hydrogen-bond donors (Lipinski definition) is 0. The largest absolute Gasteiger partial charge is 0.0991 e. The van der Waals surface area contributed by atoms with Gasteiger partial charge in [-0.15, -0.1) is 0 Å². The van der Waals surface area contributed by atoms with Crippen LogP contribution < -0.4 is 0 Å². The van der Waals surface area contributed by atoms with E-state index in [0.717, 1.165) is 18.8 Å². The molecule has 0 aromatic heterocycles. The number of hydrogen-bond acceptors (Lipinski definition) is 0. The van der Waals surface area contributed by atoms with E-state index in [0.29, 0.717) is 0 Å². The molecule has 12 heavy (non-hydrogen) atoms. The molecule has 0 aliphatic carbocycles. The smallest absolute Gasteiger partial charge is 0.0259 e. The van der Waals surface area contributed by atoms with Crippen molar-refractivity contribution in [2.75, 3.05) is 0 Å². The summed E-state index contributed by atoms with van der Waals surface area (Å²) < 4.78 is 0. The van der Waals surface area contributed by atoms with Gasteiger partial charge in [0.05, 0.1) is 0 Å². The average Bonchev–Trinajstić information content (AvgIpc) is 2.00. The summed E-state index contributed by atoms with van der Waals surface area (Å²) in [6.07, 6.45) is 10.5. The molecule has 0 aliphatic rings. The molecule has 0 heteroatoms. The first kappa shape index (κ1) is 11.2. The molecular formula is C12H20. The van der Waals surface area contributed by atoms with Crippen LogP contribution in [0, 0.1) is 5.92 Å². The molecule has 0 rings (SSSR count). The van der Waals surface area contributed by atoms with Crippen molar-refractivity contribution < 1.29 is 0 Å². The Morgan fingerprint density at radius 3 is 2.50 bits per heavy atom. The van der Waals surface area contributed by atoms with Crippen LogP contribution in [-0.2, 0) is 0 Å². The molecule has 68 valence electrons. The van der Waals surface area contributed by atoms with Gasteiger partial charge in [0.15, 0.2) is 0 Å². The van der Waals surface area contributed by atoms with Crippen LogP contribution in [0.2, 0.25) is 0 Å². The number of rotatable bonds is 5.